The van der Waals surface area contributed by atoms with E-state index >= 15 is 0 Å². The highest BCUT2D eigenvalue weighted by Gasteiger charge is 2.29. The predicted molar refractivity (Wildman–Crippen MR) is 69.8 cm³/mol. The predicted octanol–water partition coefficient (Wildman–Crippen LogP) is 0.457. The fourth-order valence-corrected chi connectivity index (χ4v) is 2.23. The van der Waals surface area contributed by atoms with E-state index in [0.29, 0.717) is 28.9 Å². The fraction of sp³-hybridized carbons (Fsp3) is 0.385. The van der Waals surface area contributed by atoms with Crippen molar-refractivity contribution in [1.29, 1.82) is 0 Å². The van der Waals surface area contributed by atoms with Crippen molar-refractivity contribution in [1.82, 2.24) is 15.0 Å². The van der Waals surface area contributed by atoms with Gasteiger partial charge in [0.15, 0.2) is 6.10 Å². The number of carboxylic acids is 1. The Hall–Kier alpha value is -2.48. The number of morpholine rings is 1. The Morgan fingerprint density at radius 2 is 2.29 bits per heavy atom. The Bertz CT molecular complexity index is 711. The summed E-state index contributed by atoms with van der Waals surface area (Å²) in [5, 5.41) is 13.4. The maximum atomic E-state index is 12.4. The molecular formula is C13H13N3O5. The van der Waals surface area contributed by atoms with E-state index in [1.807, 2.05) is 0 Å². The van der Waals surface area contributed by atoms with Gasteiger partial charge in [0.2, 0.25) is 0 Å². The molecule has 1 fully saturated rings. The van der Waals surface area contributed by atoms with Gasteiger partial charge in [-0.25, -0.2) is 9.78 Å². The topological polar surface area (TPSA) is 106 Å². The average Bonchev–Trinajstić information content (AvgIpc) is 2.87. The van der Waals surface area contributed by atoms with Gasteiger partial charge < -0.3 is 19.3 Å². The summed E-state index contributed by atoms with van der Waals surface area (Å²) in [6, 6.07) is 1.65. The van der Waals surface area contributed by atoms with E-state index in [1.165, 1.54) is 11.1 Å². The summed E-state index contributed by atoms with van der Waals surface area (Å²) in [6.45, 7) is 2.33. The van der Waals surface area contributed by atoms with Gasteiger partial charge in [0.05, 0.1) is 29.8 Å². The Balaban J connectivity index is 1.85. The highest BCUT2D eigenvalue weighted by Crippen LogP contribution is 2.18. The van der Waals surface area contributed by atoms with E-state index < -0.39 is 12.1 Å². The minimum absolute atomic E-state index is 0.0226. The van der Waals surface area contributed by atoms with Crippen LogP contribution in [0, 0.1) is 6.92 Å². The molecule has 8 heteroatoms. The number of rotatable bonds is 2. The summed E-state index contributed by atoms with van der Waals surface area (Å²) in [7, 11) is 0. The minimum Gasteiger partial charge on any atom is -0.479 e. The molecule has 1 N–H and O–H groups in total. The van der Waals surface area contributed by atoms with Crippen LogP contribution in [-0.4, -0.2) is 57.8 Å². The van der Waals surface area contributed by atoms with Crippen LogP contribution in [0.2, 0.25) is 0 Å². The highest BCUT2D eigenvalue weighted by molar-refractivity contribution is 5.97. The molecule has 0 aliphatic carbocycles. The molecule has 1 unspecified atom stereocenters. The van der Waals surface area contributed by atoms with Gasteiger partial charge in [-0.2, -0.15) is 0 Å². The lowest BCUT2D eigenvalue weighted by Gasteiger charge is -2.30. The van der Waals surface area contributed by atoms with Crippen molar-refractivity contribution in [2.75, 3.05) is 19.7 Å². The van der Waals surface area contributed by atoms with E-state index in [0.717, 1.165) is 0 Å². The third kappa shape index (κ3) is 2.45. The first kappa shape index (κ1) is 13.5. The van der Waals surface area contributed by atoms with Gasteiger partial charge in [-0.3, -0.25) is 4.79 Å². The molecule has 0 saturated carbocycles. The molecule has 3 rings (SSSR count). The molecule has 8 nitrogen and oxygen atoms in total. The van der Waals surface area contributed by atoms with Crippen LogP contribution in [0.15, 0.2) is 16.8 Å². The van der Waals surface area contributed by atoms with Crippen molar-refractivity contribution in [3.63, 3.8) is 0 Å². The molecule has 1 saturated heterocycles. The number of carbonyl (C=O) groups excluding carboxylic acids is 1. The van der Waals surface area contributed by atoms with Gasteiger partial charge >= 0.3 is 5.97 Å². The number of aliphatic carboxylic acids is 1. The Labute approximate surface area is 119 Å². The minimum atomic E-state index is -1.07. The van der Waals surface area contributed by atoms with Gasteiger partial charge in [0, 0.05) is 12.7 Å². The number of aromatic nitrogens is 2. The molecule has 0 spiro atoms. The molecule has 0 radical (unpaired) electrons. The van der Waals surface area contributed by atoms with Gasteiger partial charge in [-0.1, -0.05) is 5.16 Å². The quantitative estimate of drug-likeness (QED) is 0.856. The normalized spacial score (nSPS) is 18.9. The highest BCUT2D eigenvalue weighted by atomic mass is 16.5. The Kier molecular flexibility index (Phi) is 3.30. The molecule has 110 valence electrons. The monoisotopic (exact) mass is 291 g/mol. The zero-order valence-corrected chi connectivity index (χ0v) is 11.3. The number of ether oxygens (including phenoxy) is 1. The summed E-state index contributed by atoms with van der Waals surface area (Å²) in [5.41, 5.74) is 1.40. The van der Waals surface area contributed by atoms with E-state index in [9.17, 15) is 9.59 Å². The van der Waals surface area contributed by atoms with E-state index in [-0.39, 0.29) is 19.1 Å². The van der Waals surface area contributed by atoms with Gasteiger partial charge in [0.1, 0.15) is 0 Å². The molecular weight excluding hydrogens is 278 g/mol. The first-order valence-corrected chi connectivity index (χ1v) is 6.42. The van der Waals surface area contributed by atoms with Gasteiger partial charge in [-0.05, 0) is 13.0 Å². The van der Waals surface area contributed by atoms with Crippen molar-refractivity contribution < 1.29 is 24.0 Å². The smallest absolute Gasteiger partial charge is 0.334 e. The van der Waals surface area contributed by atoms with Crippen molar-refractivity contribution in [2.45, 2.75) is 13.0 Å². The van der Waals surface area contributed by atoms with Crippen molar-refractivity contribution in [3.05, 3.63) is 23.5 Å². The summed E-state index contributed by atoms with van der Waals surface area (Å²) in [5.74, 6) is -1.35. The molecule has 2 aromatic rings. The van der Waals surface area contributed by atoms with Crippen LogP contribution in [0.1, 0.15) is 16.1 Å². The second-order valence-electron chi connectivity index (χ2n) is 4.79. The summed E-state index contributed by atoms with van der Waals surface area (Å²) < 4.78 is 10.1. The first-order chi connectivity index (χ1) is 10.1. The summed E-state index contributed by atoms with van der Waals surface area (Å²) in [6.07, 6.45) is 0.414. The fourth-order valence-electron chi connectivity index (χ4n) is 2.23. The lowest BCUT2D eigenvalue weighted by atomic mass is 10.1. The lowest BCUT2D eigenvalue weighted by molar-refractivity contribution is -0.154. The second-order valence-corrected chi connectivity index (χ2v) is 4.79. The number of fused-ring (bicyclic) bond motifs is 1. The zero-order valence-electron chi connectivity index (χ0n) is 11.3. The number of carbonyl (C=O) groups is 2. The molecule has 1 aliphatic rings. The van der Waals surface area contributed by atoms with Crippen LogP contribution in [-0.2, 0) is 9.53 Å². The number of pyridine rings is 1. The van der Waals surface area contributed by atoms with Crippen LogP contribution in [0.25, 0.3) is 11.1 Å². The number of hydrogen-bond acceptors (Lipinski definition) is 6. The zero-order chi connectivity index (χ0) is 15.0. The number of aryl methyl sites for hydroxylation is 1. The Morgan fingerprint density at radius 3 is 3.05 bits per heavy atom. The maximum Gasteiger partial charge on any atom is 0.334 e. The lowest BCUT2D eigenvalue weighted by Crippen LogP contribution is -2.48. The van der Waals surface area contributed by atoms with Crippen LogP contribution < -0.4 is 0 Å². The van der Waals surface area contributed by atoms with Gasteiger partial charge in [-0.15, -0.1) is 0 Å². The third-order valence-corrected chi connectivity index (χ3v) is 3.39. The third-order valence-electron chi connectivity index (χ3n) is 3.39. The Morgan fingerprint density at radius 1 is 1.48 bits per heavy atom. The van der Waals surface area contributed by atoms with Crippen molar-refractivity contribution >= 4 is 23.0 Å². The molecule has 0 aromatic carbocycles. The SMILES string of the molecule is Cc1noc2ncc(C(=O)N3CCOC(C(=O)O)C3)cc12. The molecule has 1 atom stereocenters. The summed E-state index contributed by atoms with van der Waals surface area (Å²) in [4.78, 5) is 28.9. The first-order valence-electron chi connectivity index (χ1n) is 6.42. The molecule has 1 amide bonds. The van der Waals surface area contributed by atoms with Crippen LogP contribution in [0.5, 0.6) is 0 Å². The maximum absolute atomic E-state index is 12.4. The average molecular weight is 291 g/mol. The largest absolute Gasteiger partial charge is 0.479 e. The number of amides is 1. The van der Waals surface area contributed by atoms with Gasteiger partial charge in [0.25, 0.3) is 11.6 Å². The second kappa shape index (κ2) is 5.13. The van der Waals surface area contributed by atoms with E-state index in [4.69, 9.17) is 14.4 Å². The van der Waals surface area contributed by atoms with Crippen molar-refractivity contribution in [3.8, 4) is 0 Å². The van der Waals surface area contributed by atoms with Crippen LogP contribution in [0.4, 0.5) is 0 Å². The number of hydrogen-bond donors (Lipinski definition) is 1. The molecule has 21 heavy (non-hydrogen) atoms. The van der Waals surface area contributed by atoms with Crippen LogP contribution in [0.3, 0.4) is 0 Å². The molecule has 3 heterocycles. The molecule has 0 bridgehead atoms. The van der Waals surface area contributed by atoms with E-state index in [2.05, 4.69) is 10.1 Å². The molecule has 1 aliphatic heterocycles. The standard InChI is InChI=1S/C13H13N3O5/c1-7-9-4-8(5-14-11(9)21-15-7)12(17)16-2-3-20-10(6-16)13(18)19/h4-5,10H,2-3,6H2,1H3,(H,18,19). The summed E-state index contributed by atoms with van der Waals surface area (Å²) >= 11 is 0. The molecule has 2 aromatic heterocycles. The van der Waals surface area contributed by atoms with Crippen LogP contribution >= 0.6 is 0 Å². The van der Waals surface area contributed by atoms with Crippen molar-refractivity contribution in [2.24, 2.45) is 0 Å². The van der Waals surface area contributed by atoms with E-state index in [1.54, 1.807) is 13.0 Å². The number of carboxylic acid groups (broad SMARTS) is 1. The number of nitrogens with zero attached hydrogens (tertiary/aromatic N) is 3.